The molecule has 1 amide bonds. The molecule has 1 aromatic rings. The van der Waals surface area contributed by atoms with E-state index < -0.39 is 0 Å². The quantitative estimate of drug-likeness (QED) is 0.806. The van der Waals surface area contributed by atoms with Crippen LogP contribution in [0.5, 0.6) is 0 Å². The lowest BCUT2D eigenvalue weighted by Gasteiger charge is -2.00. The Bertz CT molecular complexity index is 471. The van der Waals surface area contributed by atoms with Crippen LogP contribution in [-0.4, -0.2) is 17.8 Å². The number of carbonyl (C=O) groups excluding carboxylic acids is 1. The van der Waals surface area contributed by atoms with Crippen LogP contribution in [0.3, 0.4) is 0 Å². The smallest absolute Gasteiger partial charge is 0.295 e. The van der Waals surface area contributed by atoms with E-state index in [0.717, 1.165) is 5.56 Å². The summed E-state index contributed by atoms with van der Waals surface area (Å²) >= 11 is 5.80. The van der Waals surface area contributed by atoms with Crippen LogP contribution in [0.4, 0.5) is 0 Å². The topological polar surface area (TPSA) is 63.0 Å². The molecule has 0 aliphatic carbocycles. The van der Waals surface area contributed by atoms with Crippen molar-refractivity contribution in [2.24, 2.45) is 10.3 Å². The van der Waals surface area contributed by atoms with Crippen LogP contribution < -0.4 is 5.43 Å². The molecule has 0 atom stereocenters. The molecule has 82 valence electrons. The van der Waals surface area contributed by atoms with E-state index in [4.69, 9.17) is 16.4 Å². The SMILES string of the molecule is O=C1NN=CC1=NOCc1cccc(Cl)c1. The summed E-state index contributed by atoms with van der Waals surface area (Å²) in [6.07, 6.45) is 1.31. The molecule has 0 bridgehead atoms. The van der Waals surface area contributed by atoms with Crippen molar-refractivity contribution >= 4 is 29.4 Å². The van der Waals surface area contributed by atoms with Gasteiger partial charge in [-0.1, -0.05) is 28.9 Å². The Morgan fingerprint density at radius 3 is 3.06 bits per heavy atom. The highest BCUT2D eigenvalue weighted by Crippen LogP contribution is 2.11. The van der Waals surface area contributed by atoms with Crippen molar-refractivity contribution in [1.82, 2.24) is 5.43 Å². The molecule has 1 aliphatic heterocycles. The van der Waals surface area contributed by atoms with E-state index in [0.29, 0.717) is 5.02 Å². The van der Waals surface area contributed by atoms with Gasteiger partial charge in [0.1, 0.15) is 6.61 Å². The van der Waals surface area contributed by atoms with Crippen molar-refractivity contribution in [1.29, 1.82) is 0 Å². The number of halogens is 1. The number of nitrogens with zero attached hydrogens (tertiary/aromatic N) is 2. The predicted octanol–water partition coefficient (Wildman–Crippen LogP) is 1.33. The van der Waals surface area contributed by atoms with Gasteiger partial charge in [-0.15, -0.1) is 0 Å². The lowest BCUT2D eigenvalue weighted by atomic mass is 10.2. The van der Waals surface area contributed by atoms with Crippen molar-refractivity contribution in [3.05, 3.63) is 34.9 Å². The average molecular weight is 238 g/mol. The zero-order valence-electron chi connectivity index (χ0n) is 8.18. The fourth-order valence-electron chi connectivity index (χ4n) is 1.14. The third-order valence-electron chi connectivity index (χ3n) is 1.87. The van der Waals surface area contributed by atoms with E-state index in [1.54, 1.807) is 12.1 Å². The number of amides is 1. The molecule has 0 unspecified atom stereocenters. The minimum absolute atomic E-state index is 0.155. The van der Waals surface area contributed by atoms with Gasteiger partial charge in [0, 0.05) is 5.02 Å². The molecular formula is C10H8ClN3O2. The summed E-state index contributed by atoms with van der Waals surface area (Å²) in [6.45, 7) is 0.255. The molecule has 0 saturated heterocycles. The Morgan fingerprint density at radius 2 is 2.38 bits per heavy atom. The summed E-state index contributed by atoms with van der Waals surface area (Å²) in [5.41, 5.74) is 3.26. The Morgan fingerprint density at radius 1 is 1.50 bits per heavy atom. The minimum Gasteiger partial charge on any atom is -0.390 e. The number of oxime groups is 1. The maximum Gasteiger partial charge on any atom is 0.295 e. The maximum atomic E-state index is 11.0. The molecule has 1 aliphatic rings. The summed E-state index contributed by atoms with van der Waals surface area (Å²) in [4.78, 5) is 16.0. The van der Waals surface area contributed by atoms with Crippen LogP contribution in [-0.2, 0) is 16.2 Å². The number of hydrogen-bond acceptors (Lipinski definition) is 4. The third kappa shape index (κ3) is 2.58. The summed E-state index contributed by atoms with van der Waals surface area (Å²) in [5.74, 6) is -0.369. The molecule has 0 spiro atoms. The second-order valence-electron chi connectivity index (χ2n) is 3.08. The molecule has 16 heavy (non-hydrogen) atoms. The number of hydrogen-bond donors (Lipinski definition) is 1. The van der Waals surface area contributed by atoms with Crippen molar-refractivity contribution in [3.63, 3.8) is 0 Å². The van der Waals surface area contributed by atoms with Gasteiger partial charge in [0.25, 0.3) is 5.91 Å². The largest absolute Gasteiger partial charge is 0.390 e. The van der Waals surface area contributed by atoms with Gasteiger partial charge in [-0.2, -0.15) is 5.10 Å². The van der Waals surface area contributed by atoms with E-state index in [1.807, 2.05) is 12.1 Å². The molecule has 0 aromatic heterocycles. The second-order valence-corrected chi connectivity index (χ2v) is 3.52. The first-order chi connectivity index (χ1) is 7.75. The number of rotatable bonds is 3. The van der Waals surface area contributed by atoms with E-state index in [9.17, 15) is 4.79 Å². The fourth-order valence-corrected chi connectivity index (χ4v) is 1.35. The molecule has 1 aromatic carbocycles. The lowest BCUT2D eigenvalue weighted by Crippen LogP contribution is -2.19. The highest BCUT2D eigenvalue weighted by molar-refractivity contribution is 6.62. The van der Waals surface area contributed by atoms with Crippen LogP contribution in [0.2, 0.25) is 5.02 Å². The van der Waals surface area contributed by atoms with Crippen LogP contribution in [0.25, 0.3) is 0 Å². The lowest BCUT2D eigenvalue weighted by molar-refractivity contribution is -0.114. The molecule has 5 nitrogen and oxygen atoms in total. The highest BCUT2D eigenvalue weighted by atomic mass is 35.5. The molecule has 6 heteroatoms. The van der Waals surface area contributed by atoms with E-state index in [-0.39, 0.29) is 18.2 Å². The summed E-state index contributed by atoms with van der Waals surface area (Å²) in [6, 6.07) is 7.21. The Hall–Kier alpha value is -1.88. The zero-order valence-corrected chi connectivity index (χ0v) is 8.94. The highest BCUT2D eigenvalue weighted by Gasteiger charge is 2.14. The van der Waals surface area contributed by atoms with E-state index >= 15 is 0 Å². The Balaban J connectivity index is 1.93. The maximum absolute atomic E-state index is 11.0. The number of hydrazone groups is 1. The molecule has 1 heterocycles. The van der Waals surface area contributed by atoms with Crippen molar-refractivity contribution in [3.8, 4) is 0 Å². The van der Waals surface area contributed by atoms with Gasteiger partial charge in [-0.3, -0.25) is 4.79 Å². The van der Waals surface area contributed by atoms with Gasteiger partial charge in [0.15, 0.2) is 5.71 Å². The first kappa shape index (κ1) is 10.6. The molecule has 0 fully saturated rings. The molecule has 1 N–H and O–H groups in total. The first-order valence-corrected chi connectivity index (χ1v) is 4.91. The zero-order chi connectivity index (χ0) is 11.4. The van der Waals surface area contributed by atoms with Gasteiger partial charge < -0.3 is 4.84 Å². The van der Waals surface area contributed by atoms with Crippen molar-refractivity contribution in [2.45, 2.75) is 6.61 Å². The van der Waals surface area contributed by atoms with E-state index in [1.165, 1.54) is 6.21 Å². The van der Waals surface area contributed by atoms with Crippen LogP contribution in [0, 0.1) is 0 Å². The monoisotopic (exact) mass is 237 g/mol. The molecule has 2 rings (SSSR count). The standard InChI is InChI=1S/C10H8ClN3O2/c11-8-3-1-2-7(4-8)6-16-14-9-5-12-13-10(9)15/h1-5H,6H2,(H,13,14,15). The molecule has 0 saturated carbocycles. The predicted molar refractivity (Wildman–Crippen MR) is 60.3 cm³/mol. The average Bonchev–Trinajstić information content (AvgIpc) is 2.65. The normalized spacial score (nSPS) is 16.6. The van der Waals surface area contributed by atoms with Gasteiger partial charge in [0.05, 0.1) is 6.21 Å². The number of carbonyl (C=O) groups is 1. The third-order valence-corrected chi connectivity index (χ3v) is 2.10. The van der Waals surface area contributed by atoms with Gasteiger partial charge in [0.2, 0.25) is 0 Å². The Kier molecular flexibility index (Phi) is 3.16. The van der Waals surface area contributed by atoms with E-state index in [2.05, 4.69) is 15.7 Å². The van der Waals surface area contributed by atoms with Crippen molar-refractivity contribution < 1.29 is 9.63 Å². The second kappa shape index (κ2) is 4.76. The van der Waals surface area contributed by atoms with Gasteiger partial charge in [-0.05, 0) is 17.7 Å². The summed E-state index contributed by atoms with van der Waals surface area (Å²) < 4.78 is 0. The summed E-state index contributed by atoms with van der Waals surface area (Å²) in [5, 5.41) is 7.80. The van der Waals surface area contributed by atoms with Gasteiger partial charge in [-0.25, -0.2) is 5.43 Å². The van der Waals surface area contributed by atoms with Gasteiger partial charge >= 0.3 is 0 Å². The fraction of sp³-hybridized carbons (Fsp3) is 0.100. The number of nitrogens with one attached hydrogen (secondary N) is 1. The van der Waals surface area contributed by atoms with Crippen LogP contribution in [0.15, 0.2) is 34.5 Å². The number of benzene rings is 1. The first-order valence-electron chi connectivity index (χ1n) is 4.53. The van der Waals surface area contributed by atoms with Crippen molar-refractivity contribution in [2.75, 3.05) is 0 Å². The minimum atomic E-state index is -0.369. The van der Waals surface area contributed by atoms with Crippen LogP contribution >= 0.6 is 11.6 Å². The summed E-state index contributed by atoms with van der Waals surface area (Å²) in [7, 11) is 0. The molecular weight excluding hydrogens is 230 g/mol. The van der Waals surface area contributed by atoms with Crippen LogP contribution in [0.1, 0.15) is 5.56 Å². The Labute approximate surface area is 96.7 Å². The molecule has 0 radical (unpaired) electrons.